The first-order valence-electron chi connectivity index (χ1n) is 10.2. The summed E-state index contributed by atoms with van der Waals surface area (Å²) in [4.78, 5) is 17.8. The van der Waals surface area contributed by atoms with Crippen molar-refractivity contribution in [1.82, 2.24) is 25.0 Å². The van der Waals surface area contributed by atoms with Crippen molar-refractivity contribution in [3.8, 4) is 22.8 Å². The smallest absolute Gasteiger partial charge is 0.445 e. The van der Waals surface area contributed by atoms with E-state index in [1.54, 1.807) is 28.9 Å². The van der Waals surface area contributed by atoms with Crippen LogP contribution >= 0.6 is 11.3 Å². The van der Waals surface area contributed by atoms with Crippen molar-refractivity contribution in [3.05, 3.63) is 41.0 Å². The van der Waals surface area contributed by atoms with E-state index in [1.165, 1.54) is 6.20 Å². The number of pyridine rings is 1. The minimum atomic E-state index is -4.64. The molecule has 0 aliphatic carbocycles. The zero-order valence-electron chi connectivity index (χ0n) is 17.9. The number of carbonyl (C=O) groups excluding carboxylic acids is 1. The van der Waals surface area contributed by atoms with Gasteiger partial charge in [0.1, 0.15) is 13.2 Å². The Morgan fingerprint density at radius 1 is 1.15 bits per heavy atom. The van der Waals surface area contributed by atoms with E-state index in [1.807, 2.05) is 13.8 Å². The SMILES string of the molecule is CC(C)n1ncc2c(C(=O)Nc3nnc(C(F)(F)F)s3)cc(-c3ccc4c(c3)OCCO4)nc21. The summed E-state index contributed by atoms with van der Waals surface area (Å²) >= 11 is 0.248. The van der Waals surface area contributed by atoms with Crippen LogP contribution in [0.15, 0.2) is 30.5 Å². The molecule has 4 heterocycles. The largest absolute Gasteiger partial charge is 0.486 e. The van der Waals surface area contributed by atoms with Gasteiger partial charge in [0.15, 0.2) is 17.1 Å². The number of hydrogen-bond acceptors (Lipinski definition) is 8. The first-order chi connectivity index (χ1) is 16.2. The summed E-state index contributed by atoms with van der Waals surface area (Å²) < 4.78 is 51.5. The van der Waals surface area contributed by atoms with Gasteiger partial charge in [0, 0.05) is 11.6 Å². The number of amides is 1. The second-order valence-electron chi connectivity index (χ2n) is 7.70. The Balaban J connectivity index is 1.58. The molecule has 0 saturated heterocycles. The molecular formula is C21H17F3N6O3S. The number of carbonyl (C=O) groups is 1. The van der Waals surface area contributed by atoms with Crippen LogP contribution in [0.3, 0.4) is 0 Å². The monoisotopic (exact) mass is 490 g/mol. The number of nitrogens with zero attached hydrogens (tertiary/aromatic N) is 5. The Labute approximate surface area is 194 Å². The molecule has 1 amide bonds. The van der Waals surface area contributed by atoms with E-state index < -0.39 is 17.1 Å². The molecule has 0 saturated carbocycles. The van der Waals surface area contributed by atoms with Crippen LogP contribution in [0.1, 0.15) is 35.3 Å². The predicted octanol–water partition coefficient (Wildman–Crippen LogP) is 4.57. The molecule has 9 nitrogen and oxygen atoms in total. The van der Waals surface area contributed by atoms with E-state index in [0.717, 1.165) is 0 Å². The molecule has 13 heteroatoms. The Hall–Kier alpha value is -3.74. The minimum Gasteiger partial charge on any atom is -0.486 e. The summed E-state index contributed by atoms with van der Waals surface area (Å²) in [5.41, 5.74) is 1.78. The fourth-order valence-electron chi connectivity index (χ4n) is 3.49. The average Bonchev–Trinajstić information content (AvgIpc) is 3.45. The number of rotatable bonds is 4. The van der Waals surface area contributed by atoms with E-state index in [2.05, 4.69) is 20.6 Å². The zero-order chi connectivity index (χ0) is 24.0. The van der Waals surface area contributed by atoms with Gasteiger partial charge in [-0.05, 0) is 38.1 Å². The third-order valence-electron chi connectivity index (χ3n) is 5.03. The maximum Gasteiger partial charge on any atom is 0.445 e. The maximum atomic E-state index is 13.1. The Bertz CT molecular complexity index is 1400. The standard InChI is InChI=1S/C21H17F3N6O3S/c1-10(2)30-17-13(9-25-30)12(18(31)27-20-29-28-19(34-20)21(22,23)24)8-14(26-17)11-3-4-15-16(7-11)33-6-5-32-15/h3-4,7-10H,5-6H2,1-2H3,(H,27,29,31). The van der Waals surface area contributed by atoms with Crippen LogP contribution in [0.5, 0.6) is 11.5 Å². The summed E-state index contributed by atoms with van der Waals surface area (Å²) in [5.74, 6) is 0.514. The third kappa shape index (κ3) is 4.02. The third-order valence-corrected chi connectivity index (χ3v) is 5.91. The molecule has 0 bridgehead atoms. The highest BCUT2D eigenvalue weighted by atomic mass is 32.1. The van der Waals surface area contributed by atoms with E-state index in [9.17, 15) is 18.0 Å². The van der Waals surface area contributed by atoms with Gasteiger partial charge in [0.25, 0.3) is 5.91 Å². The fourth-order valence-corrected chi connectivity index (χ4v) is 4.09. The van der Waals surface area contributed by atoms with Crippen LogP contribution in [-0.2, 0) is 6.18 Å². The summed E-state index contributed by atoms with van der Waals surface area (Å²) in [6.07, 6.45) is -3.14. The van der Waals surface area contributed by atoms with Crippen LogP contribution < -0.4 is 14.8 Å². The van der Waals surface area contributed by atoms with Crippen LogP contribution in [0.25, 0.3) is 22.3 Å². The van der Waals surface area contributed by atoms with Crippen LogP contribution in [0.4, 0.5) is 18.3 Å². The number of alkyl halides is 3. The lowest BCUT2D eigenvalue weighted by atomic mass is 10.1. The lowest BCUT2D eigenvalue weighted by Crippen LogP contribution is -2.15. The van der Waals surface area contributed by atoms with Crippen LogP contribution in [0, 0.1) is 0 Å². The molecular weight excluding hydrogens is 473 g/mol. The first kappa shape index (κ1) is 22.1. The van der Waals surface area contributed by atoms with Gasteiger partial charge >= 0.3 is 6.18 Å². The van der Waals surface area contributed by atoms with Crippen LogP contribution in [-0.4, -0.2) is 44.1 Å². The van der Waals surface area contributed by atoms with Gasteiger partial charge in [-0.3, -0.25) is 10.1 Å². The summed E-state index contributed by atoms with van der Waals surface area (Å²) in [5, 5.41) is 12.3. The number of anilines is 1. The quantitative estimate of drug-likeness (QED) is 0.447. The van der Waals surface area contributed by atoms with Crippen molar-refractivity contribution in [1.29, 1.82) is 0 Å². The minimum absolute atomic E-state index is 0.0473. The summed E-state index contributed by atoms with van der Waals surface area (Å²) in [6.45, 7) is 4.71. The molecule has 1 aliphatic heterocycles. The number of ether oxygens (including phenoxy) is 2. The second kappa shape index (κ2) is 8.24. The molecule has 3 aromatic heterocycles. The Morgan fingerprint density at radius 2 is 1.91 bits per heavy atom. The van der Waals surface area contributed by atoms with E-state index in [4.69, 9.17) is 14.5 Å². The Morgan fingerprint density at radius 3 is 2.62 bits per heavy atom. The van der Waals surface area contributed by atoms with Crippen LogP contribution in [0.2, 0.25) is 0 Å². The van der Waals surface area contributed by atoms with Gasteiger partial charge in [-0.25, -0.2) is 9.67 Å². The molecule has 0 atom stereocenters. The molecule has 0 radical (unpaired) electrons. The van der Waals surface area contributed by atoms with Gasteiger partial charge in [-0.2, -0.15) is 18.3 Å². The normalized spacial score (nSPS) is 13.5. The molecule has 1 aromatic carbocycles. The molecule has 1 aliphatic rings. The second-order valence-corrected chi connectivity index (χ2v) is 8.68. The van der Waals surface area contributed by atoms with Crippen molar-refractivity contribution < 1.29 is 27.4 Å². The van der Waals surface area contributed by atoms with Crippen molar-refractivity contribution >= 4 is 33.4 Å². The van der Waals surface area contributed by atoms with Crippen molar-refractivity contribution in [3.63, 3.8) is 0 Å². The maximum absolute atomic E-state index is 13.1. The fraction of sp³-hybridized carbons (Fsp3) is 0.286. The van der Waals surface area contributed by atoms with Gasteiger partial charge in [0.2, 0.25) is 10.1 Å². The Kier molecular flexibility index (Phi) is 5.35. The molecule has 4 aromatic rings. The topological polar surface area (TPSA) is 104 Å². The van der Waals surface area contributed by atoms with Crippen molar-refractivity contribution in [2.45, 2.75) is 26.1 Å². The number of fused-ring (bicyclic) bond motifs is 2. The van der Waals surface area contributed by atoms with E-state index in [0.29, 0.717) is 47.0 Å². The highest BCUT2D eigenvalue weighted by molar-refractivity contribution is 7.15. The van der Waals surface area contributed by atoms with E-state index >= 15 is 0 Å². The van der Waals surface area contributed by atoms with Crippen molar-refractivity contribution in [2.75, 3.05) is 18.5 Å². The highest BCUT2D eigenvalue weighted by Crippen LogP contribution is 2.36. The number of aromatic nitrogens is 5. The predicted molar refractivity (Wildman–Crippen MR) is 117 cm³/mol. The average molecular weight is 490 g/mol. The first-order valence-corrected chi connectivity index (χ1v) is 11.0. The highest BCUT2D eigenvalue weighted by Gasteiger charge is 2.36. The molecule has 0 spiro atoms. The molecule has 1 N–H and O–H groups in total. The van der Waals surface area contributed by atoms with Gasteiger partial charge < -0.3 is 9.47 Å². The summed E-state index contributed by atoms with van der Waals surface area (Å²) in [7, 11) is 0. The molecule has 5 rings (SSSR count). The molecule has 0 fully saturated rings. The molecule has 0 unspecified atom stereocenters. The number of benzene rings is 1. The van der Waals surface area contributed by atoms with E-state index in [-0.39, 0.29) is 28.1 Å². The van der Waals surface area contributed by atoms with Crippen molar-refractivity contribution in [2.24, 2.45) is 0 Å². The number of halogens is 3. The lowest BCUT2D eigenvalue weighted by molar-refractivity contribution is -0.138. The zero-order valence-corrected chi connectivity index (χ0v) is 18.7. The molecule has 34 heavy (non-hydrogen) atoms. The summed E-state index contributed by atoms with van der Waals surface area (Å²) in [6, 6.07) is 6.82. The lowest BCUT2D eigenvalue weighted by Gasteiger charge is -2.19. The number of nitrogens with one attached hydrogen (secondary N) is 1. The number of hydrogen-bond donors (Lipinski definition) is 1. The van der Waals surface area contributed by atoms with Gasteiger partial charge in [-0.1, -0.05) is 11.3 Å². The molecule has 176 valence electrons. The van der Waals surface area contributed by atoms with Gasteiger partial charge in [-0.15, -0.1) is 10.2 Å². The van der Waals surface area contributed by atoms with Gasteiger partial charge in [0.05, 0.1) is 22.8 Å².